The zero-order chi connectivity index (χ0) is 11.7. The number of benzene rings is 1. The molecule has 1 aromatic rings. The molecule has 3 heteroatoms. The highest BCUT2D eigenvalue weighted by Crippen LogP contribution is 2.29. The summed E-state index contributed by atoms with van der Waals surface area (Å²) in [5.74, 6) is 1.13. The van der Waals surface area contributed by atoms with Crippen LogP contribution in [0.15, 0.2) is 18.2 Å². The first-order valence-corrected chi connectivity index (χ1v) is 5.64. The van der Waals surface area contributed by atoms with Crippen LogP contribution in [-0.2, 0) is 11.3 Å². The number of rotatable bonds is 2. The van der Waals surface area contributed by atoms with E-state index in [2.05, 4.69) is 38.2 Å². The molecule has 3 nitrogen and oxygen atoms in total. The normalized spacial score (nSPS) is 16.4. The van der Waals surface area contributed by atoms with E-state index in [4.69, 9.17) is 4.74 Å². The van der Waals surface area contributed by atoms with Gasteiger partial charge in [0.05, 0.1) is 5.69 Å². The summed E-state index contributed by atoms with van der Waals surface area (Å²) in [6, 6.07) is 6.17. The number of ether oxygens (including phenoxy) is 1. The summed E-state index contributed by atoms with van der Waals surface area (Å²) in [5.41, 5.74) is 3.23. The number of amides is 1. The third-order valence-electron chi connectivity index (χ3n) is 3.25. The van der Waals surface area contributed by atoms with Gasteiger partial charge in [-0.05, 0) is 23.5 Å². The van der Waals surface area contributed by atoms with E-state index in [9.17, 15) is 4.79 Å². The van der Waals surface area contributed by atoms with Gasteiger partial charge in [0.1, 0.15) is 6.61 Å². The highest BCUT2D eigenvalue weighted by Gasteiger charge is 2.17. The maximum absolute atomic E-state index is 11.0. The van der Waals surface area contributed by atoms with Crippen LogP contribution in [0.1, 0.15) is 37.8 Å². The lowest BCUT2D eigenvalue weighted by Crippen LogP contribution is -2.20. The third-order valence-corrected chi connectivity index (χ3v) is 3.25. The molecule has 1 heterocycles. The molecule has 1 atom stereocenters. The lowest BCUT2D eigenvalue weighted by molar-refractivity contribution is 0.151. The van der Waals surface area contributed by atoms with E-state index in [0.717, 1.165) is 11.3 Å². The van der Waals surface area contributed by atoms with E-state index in [0.29, 0.717) is 18.4 Å². The van der Waals surface area contributed by atoms with Crippen molar-refractivity contribution in [1.82, 2.24) is 0 Å². The average molecular weight is 219 g/mol. The number of anilines is 1. The van der Waals surface area contributed by atoms with Crippen LogP contribution >= 0.6 is 0 Å². The first-order chi connectivity index (χ1) is 7.58. The van der Waals surface area contributed by atoms with E-state index in [1.54, 1.807) is 0 Å². The fourth-order valence-electron chi connectivity index (χ4n) is 1.81. The van der Waals surface area contributed by atoms with Gasteiger partial charge in [-0.2, -0.15) is 0 Å². The number of fused-ring (bicyclic) bond motifs is 1. The number of nitrogens with one attached hydrogen (secondary N) is 1. The van der Waals surface area contributed by atoms with E-state index in [1.807, 2.05) is 6.07 Å². The maximum Gasteiger partial charge on any atom is 0.411 e. The molecule has 0 radical (unpaired) electrons. The second-order valence-electron chi connectivity index (χ2n) is 4.65. The van der Waals surface area contributed by atoms with Crippen LogP contribution in [0.5, 0.6) is 0 Å². The fourth-order valence-corrected chi connectivity index (χ4v) is 1.81. The van der Waals surface area contributed by atoms with Crippen LogP contribution in [0, 0.1) is 5.92 Å². The van der Waals surface area contributed by atoms with Gasteiger partial charge in [-0.15, -0.1) is 0 Å². The highest BCUT2D eigenvalue weighted by atomic mass is 16.5. The molecule has 0 saturated heterocycles. The Balaban J connectivity index is 2.29. The molecule has 16 heavy (non-hydrogen) atoms. The molecule has 0 aliphatic carbocycles. The first kappa shape index (κ1) is 11.0. The molecule has 1 unspecified atom stereocenters. The summed E-state index contributed by atoms with van der Waals surface area (Å²) >= 11 is 0. The van der Waals surface area contributed by atoms with Gasteiger partial charge in [0.25, 0.3) is 0 Å². The van der Waals surface area contributed by atoms with Crippen LogP contribution in [-0.4, -0.2) is 6.09 Å². The van der Waals surface area contributed by atoms with Crippen molar-refractivity contribution in [3.8, 4) is 0 Å². The number of hydrogen-bond donors (Lipinski definition) is 1. The molecule has 86 valence electrons. The molecule has 1 aliphatic heterocycles. The lowest BCUT2D eigenvalue weighted by Gasteiger charge is -2.21. The molecular weight excluding hydrogens is 202 g/mol. The Labute approximate surface area is 95.8 Å². The van der Waals surface area contributed by atoms with Gasteiger partial charge in [0.2, 0.25) is 0 Å². The standard InChI is InChI=1S/C13H17NO2/c1-8(2)9(3)10-4-5-12-11(6-10)7-16-13(15)14-12/h4-6,8-9H,7H2,1-3H3,(H,14,15). The SMILES string of the molecule is CC(C)C(C)c1ccc2c(c1)COC(=O)N2. The molecule has 0 spiro atoms. The Morgan fingerprint density at radius 3 is 2.75 bits per heavy atom. The smallest absolute Gasteiger partial charge is 0.411 e. The predicted octanol–water partition coefficient (Wildman–Crippen LogP) is 3.51. The number of cyclic esters (lactones) is 1. The zero-order valence-electron chi connectivity index (χ0n) is 9.91. The van der Waals surface area contributed by atoms with E-state index in [-0.39, 0.29) is 6.09 Å². The summed E-state index contributed by atoms with van der Waals surface area (Å²) in [7, 11) is 0. The maximum atomic E-state index is 11.0. The summed E-state index contributed by atoms with van der Waals surface area (Å²) in [4.78, 5) is 11.0. The molecule has 0 fully saturated rings. The van der Waals surface area contributed by atoms with Crippen LogP contribution in [0.3, 0.4) is 0 Å². The second kappa shape index (κ2) is 4.16. The monoisotopic (exact) mass is 219 g/mol. The Hall–Kier alpha value is -1.51. The van der Waals surface area contributed by atoms with Gasteiger partial charge in [-0.3, -0.25) is 5.32 Å². The fraction of sp³-hybridized carbons (Fsp3) is 0.462. The van der Waals surface area contributed by atoms with Crippen molar-refractivity contribution in [2.75, 3.05) is 5.32 Å². The van der Waals surface area contributed by atoms with Gasteiger partial charge in [0, 0.05) is 5.56 Å². The predicted molar refractivity (Wildman–Crippen MR) is 63.5 cm³/mol. The lowest BCUT2D eigenvalue weighted by atomic mass is 9.89. The first-order valence-electron chi connectivity index (χ1n) is 5.64. The number of carbonyl (C=O) groups is 1. The minimum absolute atomic E-state index is 0.364. The minimum Gasteiger partial charge on any atom is -0.444 e. The molecule has 2 rings (SSSR count). The zero-order valence-corrected chi connectivity index (χ0v) is 9.91. The highest BCUT2D eigenvalue weighted by molar-refractivity contribution is 5.87. The summed E-state index contributed by atoms with van der Waals surface area (Å²) in [6.07, 6.45) is -0.364. The van der Waals surface area contributed by atoms with Crippen LogP contribution in [0.2, 0.25) is 0 Å². The van der Waals surface area contributed by atoms with Crippen molar-refractivity contribution in [3.63, 3.8) is 0 Å². The van der Waals surface area contributed by atoms with Gasteiger partial charge < -0.3 is 4.74 Å². The average Bonchev–Trinajstić information content (AvgIpc) is 2.27. The van der Waals surface area contributed by atoms with E-state index < -0.39 is 0 Å². The van der Waals surface area contributed by atoms with Crippen molar-refractivity contribution in [3.05, 3.63) is 29.3 Å². The molecule has 1 aromatic carbocycles. The Morgan fingerprint density at radius 2 is 2.06 bits per heavy atom. The van der Waals surface area contributed by atoms with Gasteiger partial charge in [-0.25, -0.2) is 4.79 Å². The molecule has 1 aliphatic rings. The Bertz CT molecular complexity index is 412. The Kier molecular flexibility index (Phi) is 2.86. The van der Waals surface area contributed by atoms with Crippen molar-refractivity contribution >= 4 is 11.8 Å². The van der Waals surface area contributed by atoms with Gasteiger partial charge in [-0.1, -0.05) is 32.9 Å². The minimum atomic E-state index is -0.364. The van der Waals surface area contributed by atoms with Crippen molar-refractivity contribution < 1.29 is 9.53 Å². The Morgan fingerprint density at radius 1 is 1.31 bits per heavy atom. The second-order valence-corrected chi connectivity index (χ2v) is 4.65. The van der Waals surface area contributed by atoms with Crippen LogP contribution < -0.4 is 5.32 Å². The van der Waals surface area contributed by atoms with Crippen molar-refractivity contribution in [2.45, 2.75) is 33.3 Å². The molecule has 0 aromatic heterocycles. The van der Waals surface area contributed by atoms with Crippen molar-refractivity contribution in [2.24, 2.45) is 5.92 Å². The number of carbonyl (C=O) groups excluding carboxylic acids is 1. The molecular formula is C13H17NO2. The number of hydrogen-bond acceptors (Lipinski definition) is 2. The van der Waals surface area contributed by atoms with E-state index in [1.165, 1.54) is 5.56 Å². The molecule has 0 saturated carbocycles. The molecule has 1 N–H and O–H groups in total. The van der Waals surface area contributed by atoms with E-state index >= 15 is 0 Å². The largest absolute Gasteiger partial charge is 0.444 e. The third kappa shape index (κ3) is 2.03. The van der Waals surface area contributed by atoms with Crippen LogP contribution in [0.4, 0.5) is 10.5 Å². The topological polar surface area (TPSA) is 38.3 Å². The quantitative estimate of drug-likeness (QED) is 0.826. The van der Waals surface area contributed by atoms with Gasteiger partial charge >= 0.3 is 6.09 Å². The summed E-state index contributed by atoms with van der Waals surface area (Å²) in [5, 5.41) is 2.69. The van der Waals surface area contributed by atoms with Crippen molar-refractivity contribution in [1.29, 1.82) is 0 Å². The summed E-state index contributed by atoms with van der Waals surface area (Å²) < 4.78 is 4.95. The summed E-state index contributed by atoms with van der Waals surface area (Å²) in [6.45, 7) is 7.01. The molecule has 0 bridgehead atoms. The van der Waals surface area contributed by atoms with Gasteiger partial charge in [0.15, 0.2) is 0 Å². The van der Waals surface area contributed by atoms with Crippen LogP contribution in [0.25, 0.3) is 0 Å². The molecule has 1 amide bonds.